The maximum atomic E-state index is 12.0. The minimum atomic E-state index is -1.33. The van der Waals surface area contributed by atoms with Gasteiger partial charge in [0.05, 0.1) is 27.5 Å². The van der Waals surface area contributed by atoms with Crippen LogP contribution in [0.5, 0.6) is 0 Å². The zero-order chi connectivity index (χ0) is 12.9. The first-order valence-corrected chi connectivity index (χ1v) is 10.1. The number of carbonyl (C=O) groups excluding carboxylic acids is 1. The molecule has 0 saturated carbocycles. The molecule has 0 amide bonds. The molecule has 5 heteroatoms. The highest BCUT2D eigenvalue weighted by Crippen LogP contribution is 2.10. The van der Waals surface area contributed by atoms with Crippen molar-refractivity contribution in [1.82, 2.24) is 4.90 Å². The summed E-state index contributed by atoms with van der Waals surface area (Å²) in [4.78, 5) is 14.2. The molecule has 1 atom stereocenters. The van der Waals surface area contributed by atoms with E-state index in [1.807, 2.05) is 0 Å². The molecular formula is C12H25NO3Si. The van der Waals surface area contributed by atoms with Crippen molar-refractivity contribution in [2.24, 2.45) is 0 Å². The molecule has 1 unspecified atom stereocenters. The van der Waals surface area contributed by atoms with Crippen LogP contribution in [0.3, 0.4) is 0 Å². The van der Waals surface area contributed by atoms with Gasteiger partial charge in [0.1, 0.15) is 6.04 Å². The second kappa shape index (κ2) is 6.52. The minimum absolute atomic E-state index is 0.111. The van der Waals surface area contributed by atoms with Crippen molar-refractivity contribution in [3.63, 3.8) is 0 Å². The molecule has 0 radical (unpaired) electrons. The summed E-state index contributed by atoms with van der Waals surface area (Å²) in [6.07, 6.45) is 1.65. The van der Waals surface area contributed by atoms with Crippen LogP contribution in [0, 0.1) is 0 Å². The average molecular weight is 259 g/mol. The van der Waals surface area contributed by atoms with Crippen molar-refractivity contribution in [2.75, 3.05) is 32.5 Å². The van der Waals surface area contributed by atoms with E-state index in [2.05, 4.69) is 31.5 Å². The second-order valence-electron chi connectivity index (χ2n) is 5.80. The molecule has 0 aromatic heterocycles. The summed E-state index contributed by atoms with van der Waals surface area (Å²) in [5.41, 5.74) is 0. The van der Waals surface area contributed by atoms with Gasteiger partial charge < -0.3 is 9.47 Å². The third-order valence-corrected chi connectivity index (χ3v) is 3.68. The molecule has 0 N–H and O–H groups in total. The van der Waals surface area contributed by atoms with E-state index < -0.39 is 8.07 Å². The molecule has 17 heavy (non-hydrogen) atoms. The average Bonchev–Trinajstić information content (AvgIpc) is 2.26. The number of morpholine rings is 1. The van der Waals surface area contributed by atoms with Gasteiger partial charge in [-0.25, -0.2) is 0 Å². The molecule has 1 saturated heterocycles. The molecule has 100 valence electrons. The van der Waals surface area contributed by atoms with E-state index >= 15 is 0 Å². The molecular weight excluding hydrogens is 234 g/mol. The molecule has 1 aliphatic rings. The molecule has 0 aromatic carbocycles. The van der Waals surface area contributed by atoms with Crippen molar-refractivity contribution >= 4 is 14.0 Å². The molecule has 0 aliphatic carbocycles. The first-order chi connectivity index (χ1) is 7.94. The number of carbonyl (C=O) groups is 1. The third kappa shape index (κ3) is 5.19. The Morgan fingerprint density at radius 1 is 1.47 bits per heavy atom. The summed E-state index contributed by atoms with van der Waals surface area (Å²) in [6.45, 7) is 11.7. The van der Waals surface area contributed by atoms with Crippen LogP contribution in [0.4, 0.5) is 0 Å². The van der Waals surface area contributed by atoms with Gasteiger partial charge in [0.2, 0.25) is 0 Å². The fraction of sp³-hybridized carbons (Fsp3) is 0.917. The predicted molar refractivity (Wildman–Crippen MR) is 70.8 cm³/mol. The van der Waals surface area contributed by atoms with Crippen molar-refractivity contribution in [1.29, 1.82) is 0 Å². The maximum absolute atomic E-state index is 12.0. The number of rotatable bonds is 5. The van der Waals surface area contributed by atoms with Crippen LogP contribution in [0.1, 0.15) is 13.3 Å². The fourth-order valence-corrected chi connectivity index (χ4v) is 2.37. The van der Waals surface area contributed by atoms with Crippen LogP contribution in [0.2, 0.25) is 19.6 Å². The van der Waals surface area contributed by atoms with Crippen molar-refractivity contribution < 1.29 is 14.3 Å². The van der Waals surface area contributed by atoms with E-state index in [0.29, 0.717) is 12.8 Å². The normalized spacial score (nSPS) is 22.5. The van der Waals surface area contributed by atoms with E-state index in [4.69, 9.17) is 9.47 Å². The van der Waals surface area contributed by atoms with Gasteiger partial charge in [0.25, 0.3) is 0 Å². The van der Waals surface area contributed by atoms with Crippen LogP contribution >= 0.6 is 0 Å². The van der Waals surface area contributed by atoms with E-state index in [0.717, 1.165) is 26.1 Å². The summed E-state index contributed by atoms with van der Waals surface area (Å²) < 4.78 is 10.8. The SMILES string of the molecule is CCCN1CCOCC1C(=O)OC[Si](C)(C)C. The largest absolute Gasteiger partial charge is 0.468 e. The number of nitrogens with zero attached hydrogens (tertiary/aromatic N) is 1. The standard InChI is InChI=1S/C12H25NO3Si/c1-5-6-13-7-8-15-9-11(13)12(14)16-10-17(2,3)4/h11H,5-10H2,1-4H3. The van der Waals surface area contributed by atoms with Gasteiger partial charge in [0, 0.05) is 6.54 Å². The predicted octanol–water partition coefficient (Wildman–Crippen LogP) is 1.52. The quantitative estimate of drug-likeness (QED) is 0.554. The summed E-state index contributed by atoms with van der Waals surface area (Å²) in [5.74, 6) is -0.111. The highest BCUT2D eigenvalue weighted by molar-refractivity contribution is 6.76. The lowest BCUT2D eigenvalue weighted by molar-refractivity contribution is -0.154. The maximum Gasteiger partial charge on any atom is 0.325 e. The Hall–Kier alpha value is -0.393. The first-order valence-electron chi connectivity index (χ1n) is 6.42. The van der Waals surface area contributed by atoms with Gasteiger partial charge in [-0.05, 0) is 13.0 Å². The highest BCUT2D eigenvalue weighted by Gasteiger charge is 2.31. The van der Waals surface area contributed by atoms with E-state index in [1.165, 1.54) is 0 Å². The Morgan fingerprint density at radius 3 is 2.76 bits per heavy atom. The van der Waals surface area contributed by atoms with Crippen LogP contribution in [-0.4, -0.2) is 57.5 Å². The van der Waals surface area contributed by atoms with Gasteiger partial charge in [-0.1, -0.05) is 26.6 Å². The molecule has 0 bridgehead atoms. The molecule has 0 aromatic rings. The van der Waals surface area contributed by atoms with Gasteiger partial charge in [0.15, 0.2) is 0 Å². The van der Waals surface area contributed by atoms with Gasteiger partial charge in [-0.2, -0.15) is 0 Å². The molecule has 1 aliphatic heterocycles. The number of ether oxygens (including phenoxy) is 2. The van der Waals surface area contributed by atoms with Crippen LogP contribution in [0.25, 0.3) is 0 Å². The third-order valence-electron chi connectivity index (χ3n) is 2.67. The van der Waals surface area contributed by atoms with Crippen LogP contribution in [-0.2, 0) is 14.3 Å². The van der Waals surface area contributed by atoms with E-state index in [-0.39, 0.29) is 12.0 Å². The summed E-state index contributed by atoms with van der Waals surface area (Å²) in [6, 6.07) is -0.194. The van der Waals surface area contributed by atoms with Crippen LogP contribution < -0.4 is 0 Å². The van der Waals surface area contributed by atoms with Crippen molar-refractivity contribution in [3.8, 4) is 0 Å². The molecule has 4 nitrogen and oxygen atoms in total. The van der Waals surface area contributed by atoms with Crippen molar-refractivity contribution in [3.05, 3.63) is 0 Å². The van der Waals surface area contributed by atoms with E-state index in [1.54, 1.807) is 0 Å². The smallest absolute Gasteiger partial charge is 0.325 e. The Balaban J connectivity index is 2.47. The Morgan fingerprint density at radius 2 is 2.18 bits per heavy atom. The first kappa shape index (κ1) is 14.7. The van der Waals surface area contributed by atoms with Crippen molar-refractivity contribution in [2.45, 2.75) is 39.0 Å². The second-order valence-corrected chi connectivity index (χ2v) is 11.2. The number of esters is 1. The molecule has 1 heterocycles. The summed E-state index contributed by atoms with van der Waals surface area (Å²) >= 11 is 0. The molecule has 1 rings (SSSR count). The van der Waals surface area contributed by atoms with Gasteiger partial charge in [-0.15, -0.1) is 0 Å². The lowest BCUT2D eigenvalue weighted by Gasteiger charge is -2.34. The summed E-state index contributed by atoms with van der Waals surface area (Å²) in [5, 5.41) is 0. The van der Waals surface area contributed by atoms with Crippen LogP contribution in [0.15, 0.2) is 0 Å². The molecule has 0 spiro atoms. The minimum Gasteiger partial charge on any atom is -0.468 e. The Bertz CT molecular complexity index is 251. The Kier molecular flexibility index (Phi) is 5.62. The zero-order valence-corrected chi connectivity index (χ0v) is 12.5. The fourth-order valence-electron chi connectivity index (χ4n) is 1.79. The van der Waals surface area contributed by atoms with Gasteiger partial charge >= 0.3 is 5.97 Å². The zero-order valence-electron chi connectivity index (χ0n) is 11.5. The lowest BCUT2D eigenvalue weighted by Crippen LogP contribution is -2.51. The Labute approximate surface area is 105 Å². The number of hydrogen-bond donors (Lipinski definition) is 0. The monoisotopic (exact) mass is 259 g/mol. The summed E-state index contributed by atoms with van der Waals surface area (Å²) in [7, 11) is -1.33. The topological polar surface area (TPSA) is 38.8 Å². The van der Waals surface area contributed by atoms with E-state index in [9.17, 15) is 4.79 Å². The molecule has 1 fully saturated rings. The number of hydrogen-bond acceptors (Lipinski definition) is 4. The van der Waals surface area contributed by atoms with Gasteiger partial charge in [-0.3, -0.25) is 9.69 Å². The lowest BCUT2D eigenvalue weighted by atomic mass is 10.2. The highest BCUT2D eigenvalue weighted by atomic mass is 28.3.